The fourth-order valence-corrected chi connectivity index (χ4v) is 5.12. The lowest BCUT2D eigenvalue weighted by Crippen LogP contribution is -2.44. The summed E-state index contributed by atoms with van der Waals surface area (Å²) in [6.45, 7) is 5.41. The normalized spacial score (nSPS) is 27.2. The summed E-state index contributed by atoms with van der Waals surface area (Å²) in [5.41, 5.74) is 5.07. The molecule has 3 aliphatic rings. The number of fused-ring (bicyclic) bond motifs is 1. The molecule has 2 atom stereocenters. The van der Waals surface area contributed by atoms with Gasteiger partial charge in [-0.1, -0.05) is 42.5 Å². The first-order valence-corrected chi connectivity index (χ1v) is 10.4. The molecule has 1 aromatic rings. The molecule has 1 aromatic carbocycles. The molecule has 1 saturated carbocycles. The van der Waals surface area contributed by atoms with Gasteiger partial charge in [-0.3, -0.25) is 0 Å². The van der Waals surface area contributed by atoms with E-state index in [1.165, 1.54) is 55.4 Å². The highest BCUT2D eigenvalue weighted by Crippen LogP contribution is 2.52. The monoisotopic (exact) mass is 351 g/mol. The van der Waals surface area contributed by atoms with Crippen LogP contribution in [0.1, 0.15) is 56.9 Å². The highest BCUT2D eigenvalue weighted by molar-refractivity contribution is 5.24. The molecule has 1 aliphatic heterocycles. The third-order valence-electron chi connectivity index (χ3n) is 6.94. The fourth-order valence-electron chi connectivity index (χ4n) is 5.12. The molecule has 0 amide bonds. The molecular formula is C24H33NO. The molecule has 2 fully saturated rings. The summed E-state index contributed by atoms with van der Waals surface area (Å²) in [5.74, 6) is 1.83. The van der Waals surface area contributed by atoms with E-state index in [9.17, 15) is 0 Å². The third-order valence-corrected chi connectivity index (χ3v) is 6.94. The van der Waals surface area contributed by atoms with Crippen molar-refractivity contribution in [3.8, 4) is 0 Å². The Morgan fingerprint density at radius 3 is 2.73 bits per heavy atom. The van der Waals surface area contributed by atoms with E-state index < -0.39 is 0 Å². The van der Waals surface area contributed by atoms with E-state index in [0.717, 1.165) is 25.8 Å². The number of ether oxygens (including phenoxy) is 1. The van der Waals surface area contributed by atoms with Gasteiger partial charge >= 0.3 is 0 Å². The van der Waals surface area contributed by atoms with Crippen molar-refractivity contribution in [2.24, 2.45) is 11.3 Å². The van der Waals surface area contributed by atoms with Crippen molar-refractivity contribution >= 4 is 0 Å². The van der Waals surface area contributed by atoms with Gasteiger partial charge < -0.3 is 10.1 Å². The number of nitrogens with one attached hydrogen (secondary N) is 1. The van der Waals surface area contributed by atoms with E-state index in [2.05, 4.69) is 42.2 Å². The predicted octanol–water partition coefficient (Wildman–Crippen LogP) is 5.41. The summed E-state index contributed by atoms with van der Waals surface area (Å²) < 4.78 is 5.81. The van der Waals surface area contributed by atoms with Crippen molar-refractivity contribution < 1.29 is 4.74 Å². The molecule has 1 heterocycles. The van der Waals surface area contributed by atoms with Crippen molar-refractivity contribution in [3.63, 3.8) is 0 Å². The maximum Gasteiger partial charge on any atom is 0.0954 e. The van der Waals surface area contributed by atoms with Crippen LogP contribution in [-0.2, 0) is 11.2 Å². The molecular weight excluding hydrogens is 318 g/mol. The average Bonchev–Trinajstić information content (AvgIpc) is 3.42. The minimum Gasteiger partial charge on any atom is -0.501 e. The van der Waals surface area contributed by atoms with Crippen LogP contribution in [0.5, 0.6) is 0 Å². The number of hydrogen-bond donors (Lipinski definition) is 1. The van der Waals surface area contributed by atoms with Gasteiger partial charge in [-0.25, -0.2) is 0 Å². The lowest BCUT2D eigenvalue weighted by Gasteiger charge is -2.39. The quantitative estimate of drug-likeness (QED) is 0.663. The van der Waals surface area contributed by atoms with Gasteiger partial charge in [0.15, 0.2) is 0 Å². The molecule has 2 nitrogen and oxygen atoms in total. The van der Waals surface area contributed by atoms with Crippen molar-refractivity contribution in [1.29, 1.82) is 0 Å². The van der Waals surface area contributed by atoms with E-state index in [-0.39, 0.29) is 0 Å². The lowest BCUT2D eigenvalue weighted by atomic mass is 9.75. The van der Waals surface area contributed by atoms with Gasteiger partial charge in [0.2, 0.25) is 0 Å². The Balaban J connectivity index is 1.34. The van der Waals surface area contributed by atoms with Gasteiger partial charge in [-0.15, -0.1) is 0 Å². The highest BCUT2D eigenvalue weighted by atomic mass is 16.5. The second-order valence-corrected chi connectivity index (χ2v) is 8.73. The summed E-state index contributed by atoms with van der Waals surface area (Å²) in [7, 11) is 1.85. The molecule has 2 heteroatoms. The van der Waals surface area contributed by atoms with Crippen LogP contribution in [0.4, 0.5) is 0 Å². The number of piperidine rings is 1. The van der Waals surface area contributed by atoms with Crippen LogP contribution in [0, 0.1) is 11.3 Å². The topological polar surface area (TPSA) is 21.3 Å². The number of allylic oxidation sites excluding steroid dienone is 1. The first-order valence-electron chi connectivity index (χ1n) is 10.4. The van der Waals surface area contributed by atoms with E-state index in [1.807, 2.05) is 7.11 Å². The van der Waals surface area contributed by atoms with Crippen LogP contribution in [0.3, 0.4) is 0 Å². The van der Waals surface area contributed by atoms with Gasteiger partial charge in [-0.2, -0.15) is 0 Å². The van der Waals surface area contributed by atoms with E-state index in [1.54, 1.807) is 5.57 Å². The van der Waals surface area contributed by atoms with E-state index >= 15 is 0 Å². The Bertz CT molecular complexity index is 671. The lowest BCUT2D eigenvalue weighted by molar-refractivity contribution is 0.214. The minimum atomic E-state index is 0.579. The molecule has 0 spiro atoms. The summed E-state index contributed by atoms with van der Waals surface area (Å²) in [4.78, 5) is 0. The molecule has 0 aromatic heterocycles. The average molecular weight is 352 g/mol. The minimum absolute atomic E-state index is 0.579. The van der Waals surface area contributed by atoms with Crippen molar-refractivity contribution in [2.45, 2.75) is 63.8 Å². The van der Waals surface area contributed by atoms with Crippen molar-refractivity contribution in [2.75, 3.05) is 13.7 Å². The Hall–Kier alpha value is -1.54. The van der Waals surface area contributed by atoms with Crippen LogP contribution < -0.4 is 5.32 Å². The summed E-state index contributed by atoms with van der Waals surface area (Å²) in [6, 6.07) is 11.6. The van der Waals surface area contributed by atoms with Crippen LogP contribution >= 0.6 is 0 Å². The van der Waals surface area contributed by atoms with Crippen LogP contribution in [0.2, 0.25) is 0 Å². The van der Waals surface area contributed by atoms with Crippen LogP contribution in [-0.4, -0.2) is 19.7 Å². The van der Waals surface area contributed by atoms with Crippen LogP contribution in [0.15, 0.2) is 53.8 Å². The Labute approximate surface area is 158 Å². The van der Waals surface area contributed by atoms with E-state index in [0.29, 0.717) is 17.4 Å². The van der Waals surface area contributed by atoms with Gasteiger partial charge in [0.25, 0.3) is 0 Å². The maximum atomic E-state index is 5.81. The molecule has 2 aliphatic carbocycles. The number of hydrogen-bond acceptors (Lipinski definition) is 2. The van der Waals surface area contributed by atoms with E-state index in [4.69, 9.17) is 4.74 Å². The van der Waals surface area contributed by atoms with Crippen molar-refractivity contribution in [1.82, 2.24) is 5.32 Å². The summed E-state index contributed by atoms with van der Waals surface area (Å²) >= 11 is 0. The predicted molar refractivity (Wildman–Crippen MR) is 108 cm³/mol. The zero-order valence-electron chi connectivity index (χ0n) is 16.2. The molecule has 26 heavy (non-hydrogen) atoms. The van der Waals surface area contributed by atoms with Crippen LogP contribution in [0.25, 0.3) is 0 Å². The fraction of sp³-hybridized carbons (Fsp3) is 0.583. The molecule has 4 rings (SSSR count). The number of benzene rings is 1. The smallest absolute Gasteiger partial charge is 0.0954 e. The Kier molecular flexibility index (Phi) is 5.22. The van der Waals surface area contributed by atoms with Gasteiger partial charge in [0.1, 0.15) is 0 Å². The molecule has 1 saturated heterocycles. The Morgan fingerprint density at radius 2 is 2.00 bits per heavy atom. The second kappa shape index (κ2) is 7.60. The standard InChI is InChI=1S/C24H33NO/c1-18-10-14-25-22-15-20(23(26-2)16-21(18)22)9-6-11-24(12-13-24)17-19-7-4-3-5-8-19/h3-5,7-8,21-22,25H,1,6,9-17H2,2H3. The second-order valence-electron chi connectivity index (χ2n) is 8.73. The highest BCUT2D eigenvalue weighted by Gasteiger charge is 2.42. The molecule has 0 radical (unpaired) electrons. The van der Waals surface area contributed by atoms with Gasteiger partial charge in [0.05, 0.1) is 12.9 Å². The Morgan fingerprint density at radius 1 is 1.19 bits per heavy atom. The zero-order valence-corrected chi connectivity index (χ0v) is 16.2. The number of methoxy groups -OCH3 is 1. The third kappa shape index (κ3) is 3.91. The molecule has 1 N–H and O–H groups in total. The van der Waals surface area contributed by atoms with Crippen molar-refractivity contribution in [3.05, 3.63) is 59.4 Å². The zero-order chi connectivity index (χ0) is 18.0. The summed E-state index contributed by atoms with van der Waals surface area (Å²) in [5, 5.41) is 3.73. The van der Waals surface area contributed by atoms with Gasteiger partial charge in [-0.05, 0) is 74.5 Å². The molecule has 2 unspecified atom stereocenters. The summed E-state index contributed by atoms with van der Waals surface area (Å²) in [6.07, 6.45) is 11.3. The molecule has 140 valence electrons. The first-order chi connectivity index (χ1) is 12.7. The molecule has 0 bridgehead atoms. The maximum absolute atomic E-state index is 5.81. The first kappa shape index (κ1) is 17.9. The van der Waals surface area contributed by atoms with Gasteiger partial charge in [0, 0.05) is 18.4 Å². The largest absolute Gasteiger partial charge is 0.501 e. The SMILES string of the molecule is C=C1CCNC2CC(CCCC3(Cc4ccccc4)CC3)=C(OC)CC12. The number of rotatable bonds is 7.